The van der Waals surface area contributed by atoms with Crippen molar-refractivity contribution in [3.05, 3.63) is 85.6 Å². The normalized spacial score (nSPS) is 10.9. The zero-order chi connectivity index (χ0) is 12.8. The summed E-state index contributed by atoms with van der Waals surface area (Å²) in [5.41, 5.74) is 2.17. The van der Waals surface area contributed by atoms with Crippen LogP contribution < -0.4 is 10.4 Å². The van der Waals surface area contributed by atoms with E-state index in [1.165, 1.54) is 10.4 Å². The van der Waals surface area contributed by atoms with Crippen molar-refractivity contribution in [1.29, 1.82) is 0 Å². The van der Waals surface area contributed by atoms with Gasteiger partial charge in [-0.05, 0) is 16.4 Å². The van der Waals surface area contributed by atoms with Crippen LogP contribution in [0.3, 0.4) is 0 Å². The molecule has 0 amide bonds. The second-order valence-corrected chi connectivity index (χ2v) is 8.31. The fraction of sp³-hybridized carbons (Fsp3) is 0.0588. The molecule has 2 aromatic carbocycles. The fourth-order valence-electron chi connectivity index (χ4n) is 2.42. The van der Waals surface area contributed by atoms with Crippen LogP contribution in [0.15, 0.2) is 85.6 Å². The molecule has 1 heteroatoms. The van der Waals surface area contributed by atoms with Crippen molar-refractivity contribution < 1.29 is 0 Å². The molecule has 0 fully saturated rings. The van der Waals surface area contributed by atoms with Crippen LogP contribution >= 0.6 is 0 Å². The molecule has 0 unspecified atom stereocenters. The average molecular weight is 250 g/mol. The van der Waals surface area contributed by atoms with Crippen molar-refractivity contribution in [2.75, 3.05) is 0 Å². The van der Waals surface area contributed by atoms with Gasteiger partial charge in [0.2, 0.25) is 0 Å². The minimum absolute atomic E-state index is 0.991. The van der Waals surface area contributed by atoms with Crippen LogP contribution in [0.4, 0.5) is 0 Å². The molecule has 0 radical (unpaired) electrons. The zero-order valence-electron chi connectivity index (χ0n) is 10.5. The monoisotopic (exact) mass is 250 g/mol. The van der Waals surface area contributed by atoms with E-state index >= 15 is 0 Å². The summed E-state index contributed by atoms with van der Waals surface area (Å²) in [6.45, 7) is 8.05. The number of benzene rings is 2. The molecular weight excluding hydrogens is 232 g/mol. The Morgan fingerprint density at radius 2 is 1.22 bits per heavy atom. The van der Waals surface area contributed by atoms with Crippen molar-refractivity contribution in [1.82, 2.24) is 0 Å². The molecule has 0 spiro atoms. The minimum Gasteiger partial charge on any atom is -0.106 e. The van der Waals surface area contributed by atoms with Gasteiger partial charge in [-0.1, -0.05) is 72.4 Å². The molecule has 0 saturated heterocycles. The van der Waals surface area contributed by atoms with Gasteiger partial charge in [0.05, 0.1) is 0 Å². The molecule has 0 nitrogen and oxygen atoms in total. The average Bonchev–Trinajstić information content (AvgIpc) is 2.47. The van der Waals surface area contributed by atoms with E-state index < -0.39 is 8.07 Å². The molecule has 2 rings (SSSR count). The van der Waals surface area contributed by atoms with E-state index in [1.54, 1.807) is 0 Å². The van der Waals surface area contributed by atoms with Gasteiger partial charge < -0.3 is 0 Å². The highest BCUT2D eigenvalue weighted by atomic mass is 28.3. The number of hydrogen-bond acceptors (Lipinski definition) is 0. The third kappa shape index (κ3) is 2.22. The third-order valence-electron chi connectivity index (χ3n) is 3.39. The lowest BCUT2D eigenvalue weighted by molar-refractivity contribution is 1.59. The number of rotatable bonds is 5. The number of hydrogen-bond donors (Lipinski definition) is 0. The Bertz CT molecular complexity index is 474. The highest BCUT2D eigenvalue weighted by Gasteiger charge is 2.32. The molecule has 0 bridgehead atoms. The lowest BCUT2D eigenvalue weighted by Crippen LogP contribution is -2.56. The fourth-order valence-corrected chi connectivity index (χ4v) is 5.89. The van der Waals surface area contributed by atoms with Gasteiger partial charge in [-0.3, -0.25) is 0 Å². The van der Waals surface area contributed by atoms with Crippen LogP contribution in [-0.2, 0) is 0 Å². The first-order chi connectivity index (χ1) is 8.83. The first-order valence-corrected chi connectivity index (χ1v) is 8.47. The van der Waals surface area contributed by atoms with Gasteiger partial charge in [0.15, 0.2) is 0 Å². The molecule has 0 N–H and O–H groups in total. The highest BCUT2D eigenvalue weighted by molar-refractivity contribution is 7.06. The molecule has 0 saturated carbocycles. The van der Waals surface area contributed by atoms with Gasteiger partial charge in [-0.25, -0.2) is 0 Å². The maximum atomic E-state index is 4.12. The SMILES string of the molecule is C=CC[Si](C=C)(c1ccccc1)c1ccccc1. The second kappa shape index (κ2) is 5.65. The molecule has 0 aliphatic carbocycles. The van der Waals surface area contributed by atoms with E-state index in [-0.39, 0.29) is 0 Å². The van der Waals surface area contributed by atoms with Crippen molar-refractivity contribution in [2.24, 2.45) is 0 Å². The zero-order valence-corrected chi connectivity index (χ0v) is 11.5. The smallest absolute Gasteiger partial charge is 0.106 e. The van der Waals surface area contributed by atoms with Gasteiger partial charge in [-0.15, -0.1) is 13.2 Å². The maximum absolute atomic E-state index is 4.12. The van der Waals surface area contributed by atoms with Gasteiger partial charge >= 0.3 is 0 Å². The van der Waals surface area contributed by atoms with Crippen molar-refractivity contribution in [3.63, 3.8) is 0 Å². The van der Waals surface area contributed by atoms with E-state index in [0.717, 1.165) is 6.04 Å². The Balaban J connectivity index is 2.60. The Morgan fingerprint density at radius 1 is 0.778 bits per heavy atom. The molecule has 2 aromatic rings. The van der Waals surface area contributed by atoms with Crippen LogP contribution in [0.5, 0.6) is 0 Å². The molecule has 0 heterocycles. The molecular formula is C17H18Si. The minimum atomic E-state index is -1.88. The Morgan fingerprint density at radius 3 is 1.56 bits per heavy atom. The summed E-state index contributed by atoms with van der Waals surface area (Å²) < 4.78 is 0. The van der Waals surface area contributed by atoms with Crippen LogP contribution in [0.1, 0.15) is 0 Å². The summed E-state index contributed by atoms with van der Waals surface area (Å²) in [5.74, 6) is 0. The van der Waals surface area contributed by atoms with Crippen LogP contribution in [0.2, 0.25) is 6.04 Å². The standard InChI is InChI=1S/C17H18Si/c1-3-15-18(4-2,16-11-7-5-8-12-16)17-13-9-6-10-14-17/h3-14H,1-2,15H2. The quantitative estimate of drug-likeness (QED) is 0.565. The molecule has 0 aromatic heterocycles. The molecule has 0 aliphatic rings. The Kier molecular flexibility index (Phi) is 3.95. The van der Waals surface area contributed by atoms with E-state index in [0.29, 0.717) is 0 Å². The Hall–Kier alpha value is -1.86. The third-order valence-corrected chi connectivity index (χ3v) is 7.75. The van der Waals surface area contributed by atoms with Crippen molar-refractivity contribution >= 4 is 18.4 Å². The molecule has 90 valence electrons. The number of allylic oxidation sites excluding steroid dienone is 1. The summed E-state index contributed by atoms with van der Waals surface area (Å²) in [6.07, 6.45) is 2.02. The lowest BCUT2D eigenvalue weighted by atomic mass is 10.4. The molecule has 18 heavy (non-hydrogen) atoms. The lowest BCUT2D eigenvalue weighted by Gasteiger charge is -2.28. The predicted molar refractivity (Wildman–Crippen MR) is 83.1 cm³/mol. The second-order valence-electron chi connectivity index (χ2n) is 4.40. The largest absolute Gasteiger partial charge is 0.144 e. The van der Waals surface area contributed by atoms with Crippen molar-refractivity contribution in [2.45, 2.75) is 6.04 Å². The summed E-state index contributed by atoms with van der Waals surface area (Å²) in [4.78, 5) is 0. The predicted octanol–water partition coefficient (Wildman–Crippen LogP) is 3.16. The summed E-state index contributed by atoms with van der Waals surface area (Å²) in [6, 6.07) is 22.4. The maximum Gasteiger partial charge on any atom is 0.144 e. The van der Waals surface area contributed by atoms with E-state index in [4.69, 9.17) is 0 Å². The van der Waals surface area contributed by atoms with E-state index in [2.05, 4.69) is 79.5 Å². The Labute approximate surface area is 110 Å². The highest BCUT2D eigenvalue weighted by Crippen LogP contribution is 2.13. The van der Waals surface area contributed by atoms with Crippen molar-refractivity contribution in [3.8, 4) is 0 Å². The van der Waals surface area contributed by atoms with Gasteiger partial charge in [0.25, 0.3) is 0 Å². The first kappa shape index (κ1) is 12.6. The topological polar surface area (TPSA) is 0 Å². The summed E-state index contributed by atoms with van der Waals surface area (Å²) in [7, 11) is -1.88. The van der Waals surface area contributed by atoms with E-state index in [9.17, 15) is 0 Å². The molecule has 0 atom stereocenters. The van der Waals surface area contributed by atoms with E-state index in [1.807, 2.05) is 6.08 Å². The summed E-state index contributed by atoms with van der Waals surface area (Å²) in [5, 5.41) is 2.79. The van der Waals surface area contributed by atoms with Gasteiger partial charge in [0, 0.05) is 0 Å². The van der Waals surface area contributed by atoms with Crippen LogP contribution in [-0.4, -0.2) is 8.07 Å². The summed E-state index contributed by atoms with van der Waals surface area (Å²) >= 11 is 0. The first-order valence-electron chi connectivity index (χ1n) is 6.19. The van der Waals surface area contributed by atoms with Crippen LogP contribution in [0, 0.1) is 0 Å². The molecule has 0 aliphatic heterocycles. The van der Waals surface area contributed by atoms with Crippen LogP contribution in [0.25, 0.3) is 0 Å². The van der Waals surface area contributed by atoms with Gasteiger partial charge in [-0.2, -0.15) is 0 Å². The van der Waals surface area contributed by atoms with Gasteiger partial charge in [0.1, 0.15) is 8.07 Å².